The largest absolute Gasteiger partial charge is 0.296 e. The molecule has 0 N–H and O–H groups in total. The summed E-state index contributed by atoms with van der Waals surface area (Å²) in [5, 5.41) is 0.766. The highest BCUT2D eigenvalue weighted by Crippen LogP contribution is 2.20. The highest BCUT2D eigenvalue weighted by atomic mass is 32.1. The number of aryl methyl sites for hydroxylation is 2. The molecule has 0 spiro atoms. The first-order valence-electron chi connectivity index (χ1n) is 5.96. The fourth-order valence-electron chi connectivity index (χ4n) is 1.89. The van der Waals surface area contributed by atoms with Crippen LogP contribution in [0.1, 0.15) is 31.0 Å². The Labute approximate surface area is 105 Å². The lowest BCUT2D eigenvalue weighted by molar-refractivity contribution is 0.499. The lowest BCUT2D eigenvalue weighted by Crippen LogP contribution is -2.24. The monoisotopic (exact) mass is 250 g/mol. The number of rotatable bonds is 3. The molecule has 2 rings (SSSR count). The second kappa shape index (κ2) is 4.61. The maximum Gasteiger partial charge on any atom is 0.262 e. The molecule has 0 aliphatic carbocycles. The Kier molecular flexibility index (Phi) is 3.33. The molecule has 0 amide bonds. The van der Waals surface area contributed by atoms with Crippen molar-refractivity contribution in [1.29, 1.82) is 0 Å². The van der Waals surface area contributed by atoms with Gasteiger partial charge in [0.05, 0.1) is 5.39 Å². The van der Waals surface area contributed by atoms with Crippen molar-refractivity contribution in [3.05, 3.63) is 27.1 Å². The van der Waals surface area contributed by atoms with Gasteiger partial charge in [0, 0.05) is 11.4 Å². The van der Waals surface area contributed by atoms with Crippen LogP contribution in [0, 0.1) is 19.8 Å². The lowest BCUT2D eigenvalue weighted by Gasteiger charge is -2.10. The van der Waals surface area contributed by atoms with Crippen molar-refractivity contribution in [2.45, 2.75) is 40.7 Å². The minimum Gasteiger partial charge on any atom is -0.296 e. The van der Waals surface area contributed by atoms with E-state index in [1.807, 2.05) is 19.9 Å². The van der Waals surface area contributed by atoms with Gasteiger partial charge in [-0.25, -0.2) is 4.98 Å². The fraction of sp³-hybridized carbons (Fsp3) is 0.538. The lowest BCUT2D eigenvalue weighted by atomic mass is 10.1. The average Bonchev–Trinajstić information content (AvgIpc) is 2.58. The van der Waals surface area contributed by atoms with Gasteiger partial charge in [0.2, 0.25) is 0 Å². The van der Waals surface area contributed by atoms with Gasteiger partial charge in [-0.2, -0.15) is 0 Å². The van der Waals surface area contributed by atoms with Crippen LogP contribution in [-0.4, -0.2) is 9.55 Å². The first kappa shape index (κ1) is 12.3. The Balaban J connectivity index is 2.51. The van der Waals surface area contributed by atoms with Crippen LogP contribution in [0.2, 0.25) is 0 Å². The summed E-state index contributed by atoms with van der Waals surface area (Å²) in [6.45, 7) is 9.03. The number of hydrogen-bond acceptors (Lipinski definition) is 3. The summed E-state index contributed by atoms with van der Waals surface area (Å²) in [6, 6.07) is 1.95. The molecule has 2 aromatic rings. The Hall–Kier alpha value is -1.16. The van der Waals surface area contributed by atoms with Crippen molar-refractivity contribution in [3.8, 4) is 0 Å². The zero-order valence-electron chi connectivity index (χ0n) is 10.8. The summed E-state index contributed by atoms with van der Waals surface area (Å²) in [6.07, 6.45) is 1.01. The maximum absolute atomic E-state index is 12.3. The molecule has 0 saturated carbocycles. The zero-order chi connectivity index (χ0) is 12.6. The van der Waals surface area contributed by atoms with Crippen molar-refractivity contribution >= 4 is 21.6 Å². The van der Waals surface area contributed by atoms with Crippen LogP contribution in [0.5, 0.6) is 0 Å². The van der Waals surface area contributed by atoms with Crippen LogP contribution < -0.4 is 5.56 Å². The smallest absolute Gasteiger partial charge is 0.262 e. The number of aromatic nitrogens is 2. The summed E-state index contributed by atoms with van der Waals surface area (Å²) >= 11 is 1.59. The average molecular weight is 250 g/mol. The molecule has 0 unspecified atom stereocenters. The van der Waals surface area contributed by atoms with E-state index < -0.39 is 0 Å². The van der Waals surface area contributed by atoms with E-state index in [-0.39, 0.29) is 5.56 Å². The van der Waals surface area contributed by atoms with Gasteiger partial charge in [-0.15, -0.1) is 11.3 Å². The highest BCUT2D eigenvalue weighted by molar-refractivity contribution is 7.18. The first-order chi connectivity index (χ1) is 7.99. The van der Waals surface area contributed by atoms with Crippen molar-refractivity contribution in [3.63, 3.8) is 0 Å². The van der Waals surface area contributed by atoms with Gasteiger partial charge in [-0.3, -0.25) is 9.36 Å². The molecule has 2 aromatic heterocycles. The van der Waals surface area contributed by atoms with Gasteiger partial charge < -0.3 is 0 Å². The molecule has 0 aliphatic rings. The predicted octanol–water partition coefficient (Wildman–Crippen LogP) is 3.12. The third kappa shape index (κ3) is 2.41. The van der Waals surface area contributed by atoms with Crippen LogP contribution in [0.3, 0.4) is 0 Å². The minimum atomic E-state index is 0.109. The molecule has 0 aromatic carbocycles. The summed E-state index contributed by atoms with van der Waals surface area (Å²) in [5.74, 6) is 1.42. The Morgan fingerprint density at radius 2 is 2.12 bits per heavy atom. The van der Waals surface area contributed by atoms with E-state index in [4.69, 9.17) is 0 Å². The summed E-state index contributed by atoms with van der Waals surface area (Å²) < 4.78 is 1.80. The van der Waals surface area contributed by atoms with Crippen molar-refractivity contribution in [2.24, 2.45) is 5.92 Å². The van der Waals surface area contributed by atoms with Gasteiger partial charge in [0.15, 0.2) is 0 Å². The van der Waals surface area contributed by atoms with E-state index in [1.54, 1.807) is 15.9 Å². The molecule has 4 heteroatoms. The van der Waals surface area contributed by atoms with Crippen LogP contribution in [-0.2, 0) is 6.54 Å². The van der Waals surface area contributed by atoms with E-state index in [9.17, 15) is 4.79 Å². The highest BCUT2D eigenvalue weighted by Gasteiger charge is 2.10. The van der Waals surface area contributed by atoms with Gasteiger partial charge in [0.25, 0.3) is 5.56 Å². The van der Waals surface area contributed by atoms with Crippen molar-refractivity contribution in [1.82, 2.24) is 9.55 Å². The molecular weight excluding hydrogens is 232 g/mol. The Morgan fingerprint density at radius 3 is 2.76 bits per heavy atom. The third-order valence-corrected chi connectivity index (χ3v) is 3.84. The molecule has 0 atom stereocenters. The molecule has 17 heavy (non-hydrogen) atoms. The van der Waals surface area contributed by atoms with E-state index in [1.165, 1.54) is 0 Å². The van der Waals surface area contributed by atoms with Crippen LogP contribution in [0.15, 0.2) is 10.9 Å². The molecular formula is C13H18N2OS. The predicted molar refractivity (Wildman–Crippen MR) is 72.8 cm³/mol. The Morgan fingerprint density at radius 1 is 1.41 bits per heavy atom. The van der Waals surface area contributed by atoms with Gasteiger partial charge in [-0.1, -0.05) is 13.8 Å². The minimum absolute atomic E-state index is 0.109. The van der Waals surface area contributed by atoms with Crippen LogP contribution in [0.25, 0.3) is 10.2 Å². The quantitative estimate of drug-likeness (QED) is 0.839. The number of nitrogens with zero attached hydrogens (tertiary/aromatic N) is 2. The summed E-state index contributed by atoms with van der Waals surface area (Å²) in [5.41, 5.74) is 0.109. The van der Waals surface area contributed by atoms with Crippen LogP contribution in [0.4, 0.5) is 0 Å². The van der Waals surface area contributed by atoms with E-state index in [0.717, 1.165) is 33.9 Å². The standard InChI is InChI=1S/C13H18N2OS/c1-8(2)5-6-15-10(4)14-12-11(13(15)16)7-9(3)17-12/h7-8H,5-6H2,1-4H3. The molecule has 0 fully saturated rings. The maximum atomic E-state index is 12.3. The van der Waals surface area contributed by atoms with E-state index in [2.05, 4.69) is 18.8 Å². The van der Waals surface area contributed by atoms with Gasteiger partial charge in [-0.05, 0) is 32.3 Å². The molecule has 0 radical (unpaired) electrons. The van der Waals surface area contributed by atoms with Crippen molar-refractivity contribution in [2.75, 3.05) is 0 Å². The second-order valence-corrected chi connectivity index (χ2v) is 6.11. The third-order valence-electron chi connectivity index (χ3n) is 2.90. The molecule has 2 heterocycles. The summed E-state index contributed by atoms with van der Waals surface area (Å²) in [7, 11) is 0. The van der Waals surface area contributed by atoms with E-state index >= 15 is 0 Å². The van der Waals surface area contributed by atoms with E-state index in [0.29, 0.717) is 5.92 Å². The normalized spacial score (nSPS) is 11.6. The fourth-order valence-corrected chi connectivity index (χ4v) is 2.80. The molecule has 92 valence electrons. The van der Waals surface area contributed by atoms with Crippen LogP contribution >= 0.6 is 11.3 Å². The topological polar surface area (TPSA) is 34.9 Å². The number of thiophene rings is 1. The zero-order valence-corrected chi connectivity index (χ0v) is 11.6. The molecule has 3 nitrogen and oxygen atoms in total. The number of fused-ring (bicyclic) bond motifs is 1. The Bertz CT molecular complexity index is 595. The number of hydrogen-bond donors (Lipinski definition) is 0. The first-order valence-corrected chi connectivity index (χ1v) is 6.78. The molecule has 0 saturated heterocycles. The van der Waals surface area contributed by atoms with Gasteiger partial charge >= 0.3 is 0 Å². The molecule has 0 bridgehead atoms. The second-order valence-electron chi connectivity index (χ2n) is 4.87. The van der Waals surface area contributed by atoms with Gasteiger partial charge in [0.1, 0.15) is 10.7 Å². The SMILES string of the molecule is Cc1cc2c(=O)n(CCC(C)C)c(C)nc2s1. The van der Waals surface area contributed by atoms with Crippen molar-refractivity contribution < 1.29 is 0 Å². The summed E-state index contributed by atoms with van der Waals surface area (Å²) in [4.78, 5) is 18.8. The molecule has 0 aliphatic heterocycles.